The SMILES string of the molecule is COCCn1ncc(Br)c1C(N)CC1CCCCO1. The van der Waals surface area contributed by atoms with Gasteiger partial charge in [-0.05, 0) is 41.6 Å². The average molecular weight is 332 g/mol. The van der Waals surface area contributed by atoms with E-state index in [0.29, 0.717) is 6.61 Å². The number of aromatic nitrogens is 2. The molecule has 6 heteroatoms. The number of nitrogens with two attached hydrogens (primary N) is 1. The van der Waals surface area contributed by atoms with Crippen LogP contribution in [-0.4, -0.2) is 36.2 Å². The highest BCUT2D eigenvalue weighted by atomic mass is 79.9. The maximum atomic E-state index is 6.33. The summed E-state index contributed by atoms with van der Waals surface area (Å²) < 4.78 is 13.7. The summed E-state index contributed by atoms with van der Waals surface area (Å²) in [5, 5.41) is 4.34. The normalized spacial score (nSPS) is 21.5. The number of halogens is 1. The second-order valence-electron chi connectivity index (χ2n) is 4.92. The molecule has 1 aliphatic heterocycles. The van der Waals surface area contributed by atoms with E-state index >= 15 is 0 Å². The van der Waals surface area contributed by atoms with Crippen LogP contribution in [0.15, 0.2) is 10.7 Å². The minimum absolute atomic E-state index is 0.0585. The molecular weight excluding hydrogens is 310 g/mol. The van der Waals surface area contributed by atoms with Crippen molar-refractivity contribution in [3.8, 4) is 0 Å². The summed E-state index contributed by atoms with van der Waals surface area (Å²) in [4.78, 5) is 0. The molecule has 108 valence electrons. The fourth-order valence-electron chi connectivity index (χ4n) is 2.48. The van der Waals surface area contributed by atoms with Crippen molar-refractivity contribution < 1.29 is 9.47 Å². The standard InChI is InChI=1S/C13H22BrN3O2/c1-18-7-5-17-13(11(14)9-16-17)12(15)8-10-4-2-3-6-19-10/h9-10,12H,2-8,15H2,1H3. The van der Waals surface area contributed by atoms with E-state index in [1.165, 1.54) is 12.8 Å². The zero-order chi connectivity index (χ0) is 13.7. The number of hydrogen-bond acceptors (Lipinski definition) is 4. The predicted octanol–water partition coefficient (Wildman–Crippen LogP) is 2.25. The van der Waals surface area contributed by atoms with E-state index in [-0.39, 0.29) is 12.1 Å². The largest absolute Gasteiger partial charge is 0.383 e. The Morgan fingerprint density at radius 2 is 2.47 bits per heavy atom. The first-order chi connectivity index (χ1) is 9.22. The second-order valence-corrected chi connectivity index (χ2v) is 5.78. The molecular formula is C13H22BrN3O2. The van der Waals surface area contributed by atoms with Crippen molar-refractivity contribution in [1.29, 1.82) is 0 Å². The Balaban J connectivity index is 2.00. The van der Waals surface area contributed by atoms with E-state index in [1.54, 1.807) is 13.3 Å². The zero-order valence-corrected chi connectivity index (χ0v) is 12.9. The Morgan fingerprint density at radius 3 is 3.16 bits per heavy atom. The van der Waals surface area contributed by atoms with Crippen LogP contribution in [0.2, 0.25) is 0 Å². The molecule has 0 aliphatic carbocycles. The van der Waals surface area contributed by atoms with Gasteiger partial charge in [-0.3, -0.25) is 4.68 Å². The zero-order valence-electron chi connectivity index (χ0n) is 11.3. The number of rotatable bonds is 6. The Bertz CT molecular complexity index is 391. The minimum Gasteiger partial charge on any atom is -0.383 e. The van der Waals surface area contributed by atoms with Crippen LogP contribution in [0, 0.1) is 0 Å². The molecule has 2 atom stereocenters. The fraction of sp³-hybridized carbons (Fsp3) is 0.769. The molecule has 19 heavy (non-hydrogen) atoms. The highest BCUT2D eigenvalue weighted by Gasteiger charge is 2.22. The molecule has 0 spiro atoms. The third kappa shape index (κ3) is 4.02. The molecule has 0 bridgehead atoms. The van der Waals surface area contributed by atoms with Crippen molar-refractivity contribution in [2.45, 2.75) is 44.4 Å². The lowest BCUT2D eigenvalue weighted by Gasteiger charge is -2.25. The van der Waals surface area contributed by atoms with Crippen LogP contribution in [0.5, 0.6) is 0 Å². The number of nitrogens with zero attached hydrogens (tertiary/aromatic N) is 2. The Kier molecular flexibility index (Phi) is 5.81. The lowest BCUT2D eigenvalue weighted by molar-refractivity contribution is 0.00677. The molecule has 5 nitrogen and oxygen atoms in total. The monoisotopic (exact) mass is 331 g/mol. The summed E-state index contributed by atoms with van der Waals surface area (Å²) in [6.07, 6.45) is 6.44. The van der Waals surface area contributed by atoms with Gasteiger partial charge in [0.15, 0.2) is 0 Å². The predicted molar refractivity (Wildman–Crippen MR) is 76.9 cm³/mol. The van der Waals surface area contributed by atoms with Gasteiger partial charge in [-0.2, -0.15) is 5.10 Å². The molecule has 1 aromatic heterocycles. The van der Waals surface area contributed by atoms with Crippen molar-refractivity contribution in [3.63, 3.8) is 0 Å². The van der Waals surface area contributed by atoms with Crippen LogP contribution in [0.3, 0.4) is 0 Å². The molecule has 1 aliphatic rings. The van der Waals surface area contributed by atoms with Crippen LogP contribution in [0.1, 0.15) is 37.4 Å². The molecule has 2 N–H and O–H groups in total. The molecule has 1 fully saturated rings. The topological polar surface area (TPSA) is 62.3 Å². The molecule has 0 aromatic carbocycles. The van der Waals surface area contributed by atoms with E-state index in [4.69, 9.17) is 15.2 Å². The van der Waals surface area contributed by atoms with Gasteiger partial charge in [0.05, 0.1) is 41.7 Å². The van der Waals surface area contributed by atoms with Gasteiger partial charge in [0, 0.05) is 13.7 Å². The number of ether oxygens (including phenoxy) is 2. The third-order valence-electron chi connectivity index (χ3n) is 3.48. The van der Waals surface area contributed by atoms with Crippen LogP contribution in [0.4, 0.5) is 0 Å². The highest BCUT2D eigenvalue weighted by molar-refractivity contribution is 9.10. The Labute approximate surface area is 122 Å². The maximum Gasteiger partial charge on any atom is 0.0695 e. The quantitative estimate of drug-likeness (QED) is 0.868. The van der Waals surface area contributed by atoms with Gasteiger partial charge in [0.2, 0.25) is 0 Å². The Morgan fingerprint density at radius 1 is 1.63 bits per heavy atom. The minimum atomic E-state index is -0.0585. The summed E-state index contributed by atoms with van der Waals surface area (Å²) in [6.45, 7) is 2.21. The molecule has 0 radical (unpaired) electrons. The summed E-state index contributed by atoms with van der Waals surface area (Å²) >= 11 is 3.53. The fourth-order valence-corrected chi connectivity index (χ4v) is 3.07. The van der Waals surface area contributed by atoms with E-state index in [9.17, 15) is 0 Å². The second kappa shape index (κ2) is 7.38. The van der Waals surface area contributed by atoms with E-state index in [1.807, 2.05) is 4.68 Å². The first-order valence-corrected chi connectivity index (χ1v) is 7.59. The first kappa shape index (κ1) is 15.0. The third-order valence-corrected chi connectivity index (χ3v) is 4.09. The van der Waals surface area contributed by atoms with Crippen molar-refractivity contribution in [3.05, 3.63) is 16.4 Å². The van der Waals surface area contributed by atoms with Crippen LogP contribution in [-0.2, 0) is 16.0 Å². The van der Waals surface area contributed by atoms with Crippen LogP contribution >= 0.6 is 15.9 Å². The summed E-state index contributed by atoms with van der Waals surface area (Å²) in [5.74, 6) is 0. The van der Waals surface area contributed by atoms with Gasteiger partial charge in [0.25, 0.3) is 0 Å². The van der Waals surface area contributed by atoms with Crippen LogP contribution < -0.4 is 5.73 Å². The first-order valence-electron chi connectivity index (χ1n) is 6.79. The summed E-state index contributed by atoms with van der Waals surface area (Å²) in [7, 11) is 1.69. The van der Waals surface area contributed by atoms with E-state index in [2.05, 4.69) is 21.0 Å². The van der Waals surface area contributed by atoms with Gasteiger partial charge < -0.3 is 15.2 Å². The summed E-state index contributed by atoms with van der Waals surface area (Å²) in [5.41, 5.74) is 7.37. The van der Waals surface area contributed by atoms with Gasteiger partial charge in [-0.15, -0.1) is 0 Å². The van der Waals surface area contributed by atoms with Gasteiger partial charge >= 0.3 is 0 Å². The molecule has 2 heterocycles. The molecule has 2 rings (SSSR count). The molecule has 0 amide bonds. The Hall–Kier alpha value is -0.430. The van der Waals surface area contributed by atoms with Gasteiger partial charge in [0.1, 0.15) is 0 Å². The van der Waals surface area contributed by atoms with Gasteiger partial charge in [-0.1, -0.05) is 0 Å². The van der Waals surface area contributed by atoms with Crippen molar-refractivity contribution in [1.82, 2.24) is 9.78 Å². The lowest BCUT2D eigenvalue weighted by Crippen LogP contribution is -2.27. The van der Waals surface area contributed by atoms with Crippen molar-refractivity contribution in [2.75, 3.05) is 20.3 Å². The number of methoxy groups -OCH3 is 1. The highest BCUT2D eigenvalue weighted by Crippen LogP contribution is 2.28. The molecule has 1 aromatic rings. The van der Waals surface area contributed by atoms with E-state index in [0.717, 1.165) is 36.2 Å². The average Bonchev–Trinajstić information content (AvgIpc) is 2.78. The van der Waals surface area contributed by atoms with Crippen molar-refractivity contribution >= 4 is 15.9 Å². The molecule has 2 unspecified atom stereocenters. The van der Waals surface area contributed by atoms with Gasteiger partial charge in [-0.25, -0.2) is 0 Å². The molecule has 1 saturated heterocycles. The van der Waals surface area contributed by atoms with Crippen LogP contribution in [0.25, 0.3) is 0 Å². The molecule has 0 saturated carbocycles. The summed E-state index contributed by atoms with van der Waals surface area (Å²) in [6, 6.07) is -0.0585. The maximum absolute atomic E-state index is 6.33. The lowest BCUT2D eigenvalue weighted by atomic mass is 10.0. The number of hydrogen-bond donors (Lipinski definition) is 1. The van der Waals surface area contributed by atoms with E-state index < -0.39 is 0 Å². The van der Waals surface area contributed by atoms with Crippen molar-refractivity contribution in [2.24, 2.45) is 5.73 Å². The smallest absolute Gasteiger partial charge is 0.0695 e.